The fraction of sp³-hybridized carbons (Fsp3) is 0.174. The summed E-state index contributed by atoms with van der Waals surface area (Å²) in [7, 11) is 1.59. The molecule has 2 N–H and O–H groups in total. The highest BCUT2D eigenvalue weighted by Gasteiger charge is 2.09. The van der Waals surface area contributed by atoms with E-state index in [-0.39, 0.29) is 18.0 Å². The van der Waals surface area contributed by atoms with Gasteiger partial charge in [-0.1, -0.05) is 30.3 Å². The first-order chi connectivity index (χ1) is 14.6. The van der Waals surface area contributed by atoms with E-state index in [2.05, 4.69) is 21.5 Å². The second kappa shape index (κ2) is 8.65. The Kier molecular flexibility index (Phi) is 5.61. The quantitative estimate of drug-likeness (QED) is 0.497. The number of H-pyrrole nitrogens is 1. The summed E-state index contributed by atoms with van der Waals surface area (Å²) in [5, 5.41) is 8.35. The molecule has 2 heterocycles. The number of hydrogen-bond acceptors (Lipinski definition) is 4. The Bertz CT molecular complexity index is 1240. The third-order valence-electron chi connectivity index (χ3n) is 4.92. The lowest BCUT2D eigenvalue weighted by molar-refractivity contribution is -0.121. The molecule has 0 aliphatic rings. The van der Waals surface area contributed by atoms with Crippen molar-refractivity contribution in [1.82, 2.24) is 20.1 Å². The van der Waals surface area contributed by atoms with Crippen molar-refractivity contribution in [1.29, 1.82) is 0 Å². The fourth-order valence-corrected chi connectivity index (χ4v) is 3.37. The lowest BCUT2D eigenvalue weighted by atomic mass is 10.1. The second-order valence-corrected chi connectivity index (χ2v) is 6.91. The zero-order valence-corrected chi connectivity index (χ0v) is 16.6. The second-order valence-electron chi connectivity index (χ2n) is 6.91. The Morgan fingerprint density at radius 1 is 1.13 bits per heavy atom. The van der Waals surface area contributed by atoms with Gasteiger partial charge < -0.3 is 15.0 Å². The molecule has 0 bridgehead atoms. The standard InChI is InChI=1S/C23H22N4O3/c1-30-18-6-4-5-16(13-18)20-9-10-23(29)27(26-20)15-22(28)24-12-11-17-14-25-21-8-3-2-7-19(17)21/h2-10,13-14,25H,11-12,15H2,1H3,(H,24,28). The maximum Gasteiger partial charge on any atom is 0.267 e. The zero-order valence-electron chi connectivity index (χ0n) is 16.6. The topological polar surface area (TPSA) is 89.0 Å². The highest BCUT2D eigenvalue weighted by molar-refractivity contribution is 5.83. The minimum atomic E-state index is -0.326. The molecule has 0 radical (unpaired) electrons. The Hall–Kier alpha value is -3.87. The number of para-hydroxylation sites is 1. The van der Waals surface area contributed by atoms with Gasteiger partial charge in [-0.2, -0.15) is 5.10 Å². The smallest absolute Gasteiger partial charge is 0.267 e. The van der Waals surface area contributed by atoms with E-state index in [0.717, 1.165) is 22.0 Å². The van der Waals surface area contributed by atoms with E-state index < -0.39 is 0 Å². The number of rotatable bonds is 7. The van der Waals surface area contributed by atoms with Gasteiger partial charge in [-0.15, -0.1) is 0 Å². The zero-order chi connectivity index (χ0) is 20.9. The van der Waals surface area contributed by atoms with Crippen molar-refractivity contribution in [3.63, 3.8) is 0 Å². The first kappa shape index (κ1) is 19.4. The number of amides is 1. The van der Waals surface area contributed by atoms with Gasteiger partial charge in [0.15, 0.2) is 0 Å². The number of ether oxygens (including phenoxy) is 1. The molecular formula is C23H22N4O3. The molecule has 7 nitrogen and oxygen atoms in total. The van der Waals surface area contributed by atoms with Gasteiger partial charge in [0.2, 0.25) is 5.91 Å². The molecular weight excluding hydrogens is 380 g/mol. The molecule has 0 unspecified atom stereocenters. The van der Waals surface area contributed by atoms with Crippen molar-refractivity contribution in [3.8, 4) is 17.0 Å². The van der Waals surface area contributed by atoms with Crippen molar-refractivity contribution in [3.05, 3.63) is 82.8 Å². The van der Waals surface area contributed by atoms with Gasteiger partial charge in [0.05, 0.1) is 12.8 Å². The molecule has 0 atom stereocenters. The van der Waals surface area contributed by atoms with Crippen molar-refractivity contribution in [2.45, 2.75) is 13.0 Å². The molecule has 0 spiro atoms. The normalized spacial score (nSPS) is 10.8. The molecule has 0 aliphatic carbocycles. The van der Waals surface area contributed by atoms with Crippen LogP contribution in [0, 0.1) is 0 Å². The molecule has 0 fully saturated rings. The number of nitrogens with one attached hydrogen (secondary N) is 2. The van der Waals surface area contributed by atoms with Crippen molar-refractivity contribution in [2.75, 3.05) is 13.7 Å². The van der Waals surface area contributed by atoms with Gasteiger partial charge in [-0.3, -0.25) is 9.59 Å². The van der Waals surface area contributed by atoms with E-state index in [1.807, 2.05) is 48.7 Å². The van der Waals surface area contributed by atoms with Crippen molar-refractivity contribution >= 4 is 16.8 Å². The summed E-state index contributed by atoms with van der Waals surface area (Å²) in [6.07, 6.45) is 2.66. The maximum absolute atomic E-state index is 12.4. The number of aromatic nitrogens is 3. The van der Waals surface area contributed by atoms with E-state index in [1.165, 1.54) is 10.7 Å². The van der Waals surface area contributed by atoms with Gasteiger partial charge >= 0.3 is 0 Å². The predicted octanol–water partition coefficient (Wildman–Crippen LogP) is 2.76. The molecule has 2 aromatic heterocycles. The molecule has 152 valence electrons. The summed E-state index contributed by atoms with van der Waals surface area (Å²) in [6.45, 7) is 0.343. The molecule has 1 amide bonds. The van der Waals surface area contributed by atoms with Crippen LogP contribution in [0.25, 0.3) is 22.2 Å². The average molecular weight is 402 g/mol. The SMILES string of the molecule is COc1cccc(-c2ccc(=O)n(CC(=O)NCCc3c[nH]c4ccccc34)n2)c1. The summed E-state index contributed by atoms with van der Waals surface area (Å²) in [4.78, 5) is 27.8. The first-order valence-electron chi connectivity index (χ1n) is 9.68. The van der Waals surface area contributed by atoms with Crippen LogP contribution < -0.4 is 15.6 Å². The summed E-state index contributed by atoms with van der Waals surface area (Å²) in [6, 6.07) is 18.5. The number of benzene rings is 2. The largest absolute Gasteiger partial charge is 0.497 e. The van der Waals surface area contributed by atoms with Crippen LogP contribution in [0.4, 0.5) is 0 Å². The van der Waals surface area contributed by atoms with Crippen LogP contribution in [0.1, 0.15) is 5.56 Å². The van der Waals surface area contributed by atoms with Crippen LogP contribution >= 0.6 is 0 Å². The van der Waals surface area contributed by atoms with E-state index in [0.29, 0.717) is 24.4 Å². The van der Waals surface area contributed by atoms with Gasteiger partial charge in [-0.25, -0.2) is 4.68 Å². The van der Waals surface area contributed by atoms with Crippen LogP contribution in [-0.2, 0) is 17.8 Å². The molecule has 0 saturated heterocycles. The molecule has 7 heteroatoms. The van der Waals surface area contributed by atoms with E-state index in [9.17, 15) is 9.59 Å². The van der Waals surface area contributed by atoms with Crippen LogP contribution in [0.15, 0.2) is 71.7 Å². The van der Waals surface area contributed by atoms with Gasteiger partial charge in [-0.05, 0) is 36.2 Å². The lowest BCUT2D eigenvalue weighted by Crippen LogP contribution is -2.34. The number of carbonyl (C=O) groups is 1. The number of aromatic amines is 1. The number of hydrogen-bond donors (Lipinski definition) is 2. The van der Waals surface area contributed by atoms with Crippen molar-refractivity contribution < 1.29 is 9.53 Å². The molecule has 0 aliphatic heterocycles. The summed E-state index contributed by atoms with van der Waals surface area (Å²) >= 11 is 0. The van der Waals surface area contributed by atoms with Crippen molar-refractivity contribution in [2.24, 2.45) is 0 Å². The summed E-state index contributed by atoms with van der Waals surface area (Å²) in [5.41, 5.74) is 3.29. The van der Waals surface area contributed by atoms with E-state index in [4.69, 9.17) is 4.74 Å². The third kappa shape index (κ3) is 4.25. The highest BCUT2D eigenvalue weighted by Crippen LogP contribution is 2.21. The van der Waals surface area contributed by atoms with Crippen LogP contribution in [0.5, 0.6) is 5.75 Å². The number of carbonyl (C=O) groups excluding carboxylic acids is 1. The molecule has 4 rings (SSSR count). The Morgan fingerprint density at radius 2 is 2.00 bits per heavy atom. The van der Waals surface area contributed by atoms with Crippen LogP contribution in [0.3, 0.4) is 0 Å². The number of fused-ring (bicyclic) bond motifs is 1. The Labute approximate surface area is 173 Å². The first-order valence-corrected chi connectivity index (χ1v) is 9.68. The number of nitrogens with zero attached hydrogens (tertiary/aromatic N) is 2. The average Bonchev–Trinajstić information content (AvgIpc) is 3.18. The third-order valence-corrected chi connectivity index (χ3v) is 4.92. The Morgan fingerprint density at radius 3 is 2.87 bits per heavy atom. The van der Waals surface area contributed by atoms with E-state index >= 15 is 0 Å². The Balaban J connectivity index is 1.41. The lowest BCUT2D eigenvalue weighted by Gasteiger charge is -2.09. The molecule has 4 aromatic rings. The molecule has 2 aromatic carbocycles. The van der Waals surface area contributed by atoms with Crippen LogP contribution in [0.2, 0.25) is 0 Å². The summed E-state index contributed by atoms with van der Waals surface area (Å²) < 4.78 is 6.41. The minimum Gasteiger partial charge on any atom is -0.497 e. The van der Waals surface area contributed by atoms with E-state index in [1.54, 1.807) is 13.2 Å². The predicted molar refractivity (Wildman–Crippen MR) is 115 cm³/mol. The molecule has 0 saturated carbocycles. The van der Waals surface area contributed by atoms with Crippen LogP contribution in [-0.4, -0.2) is 34.3 Å². The fourth-order valence-electron chi connectivity index (χ4n) is 3.37. The molecule has 30 heavy (non-hydrogen) atoms. The van der Waals surface area contributed by atoms with Gasteiger partial charge in [0.25, 0.3) is 5.56 Å². The van der Waals surface area contributed by atoms with Gasteiger partial charge in [0.1, 0.15) is 12.3 Å². The number of methoxy groups -OCH3 is 1. The highest BCUT2D eigenvalue weighted by atomic mass is 16.5. The maximum atomic E-state index is 12.4. The summed E-state index contributed by atoms with van der Waals surface area (Å²) in [5.74, 6) is 0.439. The minimum absolute atomic E-state index is 0.134. The van der Waals surface area contributed by atoms with Gasteiger partial charge in [0, 0.05) is 35.3 Å². The monoisotopic (exact) mass is 402 g/mol.